The lowest BCUT2D eigenvalue weighted by Gasteiger charge is -2.29. The van der Waals surface area contributed by atoms with Crippen LogP contribution in [0.1, 0.15) is 16.7 Å². The molecule has 0 radical (unpaired) electrons. The third-order valence-corrected chi connectivity index (χ3v) is 4.45. The van der Waals surface area contributed by atoms with Crippen LogP contribution in [0.5, 0.6) is 0 Å². The summed E-state index contributed by atoms with van der Waals surface area (Å²) in [5.74, 6) is -0.791. The Bertz CT molecular complexity index is 768. The number of carboxylic acids is 1. The van der Waals surface area contributed by atoms with E-state index in [4.69, 9.17) is 0 Å². The van der Waals surface area contributed by atoms with Crippen LogP contribution in [0, 0.1) is 0 Å². The molecular weight excluding hydrogens is 358 g/mol. The van der Waals surface area contributed by atoms with E-state index in [1.807, 2.05) is 95.9 Å². The van der Waals surface area contributed by atoms with Crippen molar-refractivity contribution in [1.82, 2.24) is 4.90 Å². The normalized spacial score (nSPS) is 11.6. The Morgan fingerprint density at radius 3 is 1.44 bits per heavy atom. The Labute approximate surface area is 166 Å². The minimum atomic E-state index is -0.791. The molecule has 3 nitrogen and oxygen atoms in total. The zero-order valence-corrected chi connectivity index (χ0v) is 15.9. The monoisotopic (exact) mass is 381 g/mol. The Hall–Kier alpha value is -2.62. The zero-order chi connectivity index (χ0) is 18.2. The molecule has 3 rings (SSSR count). The summed E-state index contributed by atoms with van der Waals surface area (Å²) in [5, 5.41) is 9.92. The molecule has 0 spiro atoms. The molecule has 1 N–H and O–H groups in total. The van der Waals surface area contributed by atoms with E-state index in [1.54, 1.807) is 0 Å². The van der Waals surface area contributed by atoms with Gasteiger partial charge in [-0.15, -0.1) is 12.4 Å². The molecule has 3 aromatic carbocycles. The van der Waals surface area contributed by atoms with Crippen molar-refractivity contribution in [2.24, 2.45) is 0 Å². The largest absolute Gasteiger partial charge is 0.480 e. The first-order valence-electron chi connectivity index (χ1n) is 8.81. The fourth-order valence-electron chi connectivity index (χ4n) is 3.12. The van der Waals surface area contributed by atoms with Crippen molar-refractivity contribution >= 4 is 18.4 Å². The van der Waals surface area contributed by atoms with E-state index in [2.05, 4.69) is 0 Å². The first-order chi connectivity index (χ1) is 12.7. The first-order valence-corrected chi connectivity index (χ1v) is 8.81. The predicted octanol–water partition coefficient (Wildman–Crippen LogP) is 4.81. The third kappa shape index (κ3) is 6.24. The molecular formula is C23H24ClNO2. The molecule has 4 heteroatoms. The van der Waals surface area contributed by atoms with Crippen LogP contribution in [0.4, 0.5) is 0 Å². The highest BCUT2D eigenvalue weighted by molar-refractivity contribution is 5.85. The van der Waals surface area contributed by atoms with Gasteiger partial charge in [-0.1, -0.05) is 91.0 Å². The molecule has 0 saturated heterocycles. The van der Waals surface area contributed by atoms with Gasteiger partial charge in [-0.25, -0.2) is 0 Å². The molecule has 0 bridgehead atoms. The van der Waals surface area contributed by atoms with Crippen LogP contribution in [-0.4, -0.2) is 22.0 Å². The molecule has 27 heavy (non-hydrogen) atoms. The fourth-order valence-corrected chi connectivity index (χ4v) is 3.12. The fraction of sp³-hybridized carbons (Fsp3) is 0.174. The smallest absolute Gasteiger partial charge is 0.321 e. The van der Waals surface area contributed by atoms with Gasteiger partial charge in [0, 0.05) is 13.1 Å². The minimum absolute atomic E-state index is 0. The lowest BCUT2D eigenvalue weighted by Crippen LogP contribution is -2.42. The maximum Gasteiger partial charge on any atom is 0.321 e. The van der Waals surface area contributed by atoms with Gasteiger partial charge in [0.1, 0.15) is 6.04 Å². The van der Waals surface area contributed by atoms with Crippen LogP contribution in [0.2, 0.25) is 0 Å². The van der Waals surface area contributed by atoms with E-state index in [0.29, 0.717) is 19.5 Å². The van der Waals surface area contributed by atoms with Crippen LogP contribution in [-0.2, 0) is 24.3 Å². The summed E-state index contributed by atoms with van der Waals surface area (Å²) in [6.45, 7) is 1.19. The number of nitrogens with zero attached hydrogens (tertiary/aromatic N) is 1. The Kier molecular flexibility index (Phi) is 8.05. The summed E-state index contributed by atoms with van der Waals surface area (Å²) in [6.07, 6.45) is 0.482. The van der Waals surface area contributed by atoms with Crippen molar-refractivity contribution in [3.8, 4) is 0 Å². The summed E-state index contributed by atoms with van der Waals surface area (Å²) in [5.41, 5.74) is 3.26. The number of benzene rings is 3. The SMILES string of the molecule is Cl.O=C(O)[C@H](Cc1ccccc1)N(Cc1ccccc1)Cc1ccccc1. The third-order valence-electron chi connectivity index (χ3n) is 4.45. The number of carbonyl (C=O) groups is 1. The Morgan fingerprint density at radius 2 is 1.07 bits per heavy atom. The van der Waals surface area contributed by atoms with E-state index >= 15 is 0 Å². The van der Waals surface area contributed by atoms with E-state index < -0.39 is 12.0 Å². The van der Waals surface area contributed by atoms with Gasteiger partial charge in [0.15, 0.2) is 0 Å². The number of hydrogen-bond donors (Lipinski definition) is 1. The maximum atomic E-state index is 12.1. The standard InChI is InChI=1S/C23H23NO2.ClH/c25-23(26)22(16-19-10-4-1-5-11-19)24(17-20-12-6-2-7-13-20)18-21-14-8-3-9-15-21;/h1-15,22H,16-18H2,(H,25,26);1H/t22-;/m0./s1. The van der Waals surface area contributed by atoms with Crippen LogP contribution >= 0.6 is 12.4 Å². The van der Waals surface area contributed by atoms with Crippen LogP contribution in [0.15, 0.2) is 91.0 Å². The lowest BCUT2D eigenvalue weighted by atomic mass is 10.0. The van der Waals surface area contributed by atoms with E-state index in [0.717, 1.165) is 16.7 Å². The molecule has 1 atom stereocenters. The molecule has 0 aromatic heterocycles. The number of carboxylic acid groups (broad SMARTS) is 1. The van der Waals surface area contributed by atoms with Gasteiger partial charge in [-0.3, -0.25) is 9.69 Å². The van der Waals surface area contributed by atoms with Gasteiger partial charge in [0.05, 0.1) is 0 Å². The molecule has 0 amide bonds. The average molecular weight is 382 g/mol. The van der Waals surface area contributed by atoms with Crippen LogP contribution < -0.4 is 0 Å². The van der Waals surface area contributed by atoms with Crippen molar-refractivity contribution < 1.29 is 9.90 Å². The second-order valence-electron chi connectivity index (χ2n) is 6.42. The summed E-state index contributed by atoms with van der Waals surface area (Å²) >= 11 is 0. The number of halogens is 1. The first kappa shape index (κ1) is 20.7. The molecule has 0 saturated carbocycles. The highest BCUT2D eigenvalue weighted by Gasteiger charge is 2.26. The number of rotatable bonds is 8. The van der Waals surface area contributed by atoms with E-state index in [9.17, 15) is 9.90 Å². The molecule has 3 aromatic rings. The van der Waals surface area contributed by atoms with Gasteiger partial charge in [-0.2, -0.15) is 0 Å². The van der Waals surface area contributed by atoms with Gasteiger partial charge in [-0.05, 0) is 23.1 Å². The highest BCUT2D eigenvalue weighted by Crippen LogP contribution is 2.17. The summed E-state index contributed by atoms with van der Waals surface area (Å²) < 4.78 is 0. The number of aliphatic carboxylic acids is 1. The second kappa shape index (κ2) is 10.5. The van der Waals surface area contributed by atoms with E-state index in [-0.39, 0.29) is 12.4 Å². The van der Waals surface area contributed by atoms with E-state index in [1.165, 1.54) is 0 Å². The van der Waals surface area contributed by atoms with Gasteiger partial charge < -0.3 is 5.11 Å². The lowest BCUT2D eigenvalue weighted by molar-refractivity contribution is -0.143. The zero-order valence-electron chi connectivity index (χ0n) is 15.1. The molecule has 0 aliphatic rings. The van der Waals surface area contributed by atoms with Crippen molar-refractivity contribution in [3.05, 3.63) is 108 Å². The molecule has 0 fully saturated rings. The predicted molar refractivity (Wildman–Crippen MR) is 111 cm³/mol. The van der Waals surface area contributed by atoms with Crippen molar-refractivity contribution in [1.29, 1.82) is 0 Å². The van der Waals surface area contributed by atoms with Gasteiger partial charge in [0.2, 0.25) is 0 Å². The highest BCUT2D eigenvalue weighted by atomic mass is 35.5. The molecule has 0 heterocycles. The van der Waals surface area contributed by atoms with Crippen molar-refractivity contribution in [2.75, 3.05) is 0 Å². The molecule has 0 aliphatic heterocycles. The number of hydrogen-bond acceptors (Lipinski definition) is 2. The Balaban J connectivity index is 0.00000261. The second-order valence-corrected chi connectivity index (χ2v) is 6.42. The van der Waals surface area contributed by atoms with Gasteiger partial charge in [0.25, 0.3) is 0 Å². The van der Waals surface area contributed by atoms with Gasteiger partial charge >= 0.3 is 5.97 Å². The summed E-state index contributed by atoms with van der Waals surface area (Å²) in [6, 6.07) is 29.3. The minimum Gasteiger partial charge on any atom is -0.480 e. The van der Waals surface area contributed by atoms with Crippen LogP contribution in [0.3, 0.4) is 0 Å². The topological polar surface area (TPSA) is 40.5 Å². The Morgan fingerprint density at radius 1 is 0.704 bits per heavy atom. The quantitative estimate of drug-likeness (QED) is 0.609. The molecule has 0 aliphatic carbocycles. The maximum absolute atomic E-state index is 12.1. The van der Waals surface area contributed by atoms with Crippen molar-refractivity contribution in [3.63, 3.8) is 0 Å². The summed E-state index contributed by atoms with van der Waals surface area (Å²) in [7, 11) is 0. The molecule has 140 valence electrons. The summed E-state index contributed by atoms with van der Waals surface area (Å²) in [4.78, 5) is 14.1. The van der Waals surface area contributed by atoms with Crippen LogP contribution in [0.25, 0.3) is 0 Å². The average Bonchev–Trinajstić information content (AvgIpc) is 2.68. The molecule has 0 unspecified atom stereocenters. The van der Waals surface area contributed by atoms with Crippen molar-refractivity contribution in [2.45, 2.75) is 25.6 Å².